The second kappa shape index (κ2) is 7.05. The third-order valence-corrected chi connectivity index (χ3v) is 4.84. The molecular formula is C19H17N5OS. The zero-order valence-corrected chi connectivity index (χ0v) is 15.0. The van der Waals surface area contributed by atoms with Gasteiger partial charge in [-0.3, -0.25) is 4.79 Å². The maximum Gasteiger partial charge on any atom is 0.269 e. The summed E-state index contributed by atoms with van der Waals surface area (Å²) in [5.74, 6) is 0.611. The first-order chi connectivity index (χ1) is 12.8. The molecule has 0 bridgehead atoms. The summed E-state index contributed by atoms with van der Waals surface area (Å²) in [5, 5.41) is 8.01. The van der Waals surface area contributed by atoms with E-state index in [1.54, 1.807) is 0 Å². The van der Waals surface area contributed by atoms with Gasteiger partial charge in [0, 0.05) is 17.8 Å². The highest BCUT2D eigenvalue weighted by Crippen LogP contribution is 2.24. The molecule has 0 saturated heterocycles. The molecule has 6 nitrogen and oxygen atoms in total. The Morgan fingerprint density at radius 2 is 2.00 bits per heavy atom. The van der Waals surface area contributed by atoms with E-state index in [-0.39, 0.29) is 5.91 Å². The Balaban J connectivity index is 1.70. The number of fused-ring (bicyclic) bond motifs is 1. The van der Waals surface area contributed by atoms with Crippen LogP contribution in [0.5, 0.6) is 0 Å². The van der Waals surface area contributed by atoms with Crippen molar-refractivity contribution >= 4 is 34.0 Å². The number of carbonyl (C=O) groups excluding carboxylic acids is 1. The number of carbonyl (C=O) groups is 1. The van der Waals surface area contributed by atoms with E-state index in [2.05, 4.69) is 21.8 Å². The van der Waals surface area contributed by atoms with Gasteiger partial charge in [-0.15, -0.1) is 5.10 Å². The molecule has 7 heteroatoms. The summed E-state index contributed by atoms with van der Waals surface area (Å²) in [6.45, 7) is 2.05. The number of rotatable bonds is 5. The molecule has 0 aliphatic carbocycles. The Hall–Kier alpha value is -3.06. The second-order valence-corrected chi connectivity index (χ2v) is 6.64. The molecule has 3 aromatic heterocycles. The normalized spacial score (nSPS) is 11.0. The van der Waals surface area contributed by atoms with Crippen molar-refractivity contribution in [2.75, 3.05) is 5.32 Å². The smallest absolute Gasteiger partial charge is 0.269 e. The summed E-state index contributed by atoms with van der Waals surface area (Å²) in [4.78, 5) is 18.0. The van der Waals surface area contributed by atoms with Crippen molar-refractivity contribution in [3.63, 3.8) is 0 Å². The van der Waals surface area contributed by atoms with Crippen LogP contribution in [0, 0.1) is 0 Å². The molecule has 3 heterocycles. The number of aromatic nitrogens is 4. The van der Waals surface area contributed by atoms with E-state index in [0.29, 0.717) is 10.6 Å². The monoisotopic (exact) mass is 363 g/mol. The fourth-order valence-electron chi connectivity index (χ4n) is 2.83. The van der Waals surface area contributed by atoms with Crippen molar-refractivity contribution < 1.29 is 4.79 Å². The third kappa shape index (κ3) is 3.09. The molecule has 0 saturated carbocycles. The minimum absolute atomic E-state index is 0.191. The number of aryl methyl sites for hydroxylation is 1. The fourth-order valence-corrected chi connectivity index (χ4v) is 3.43. The highest BCUT2D eigenvalue weighted by molar-refractivity contribution is 7.08. The fraction of sp³-hybridized carbons (Fsp3) is 0.158. The predicted octanol–water partition coefficient (Wildman–Crippen LogP) is 4.08. The van der Waals surface area contributed by atoms with Crippen molar-refractivity contribution in [3.8, 4) is 5.82 Å². The van der Waals surface area contributed by atoms with Crippen molar-refractivity contribution in [1.29, 1.82) is 0 Å². The predicted molar refractivity (Wildman–Crippen MR) is 103 cm³/mol. The van der Waals surface area contributed by atoms with E-state index >= 15 is 0 Å². The SMILES string of the molecule is CCCc1nnsc1C(=O)Nc1cccc2ccc(-n3cccc3)nc12. The highest BCUT2D eigenvalue weighted by Gasteiger charge is 2.17. The van der Waals surface area contributed by atoms with E-state index in [0.717, 1.165) is 46.8 Å². The minimum atomic E-state index is -0.191. The van der Waals surface area contributed by atoms with Crippen molar-refractivity contribution in [2.45, 2.75) is 19.8 Å². The number of nitrogens with one attached hydrogen (secondary N) is 1. The number of hydrogen-bond donors (Lipinski definition) is 1. The molecule has 0 aliphatic heterocycles. The molecule has 1 aromatic carbocycles. The number of pyridine rings is 1. The number of para-hydroxylation sites is 1. The van der Waals surface area contributed by atoms with Crippen LogP contribution in [-0.2, 0) is 6.42 Å². The van der Waals surface area contributed by atoms with Gasteiger partial charge in [-0.05, 0) is 48.3 Å². The van der Waals surface area contributed by atoms with Crippen molar-refractivity contribution in [3.05, 3.63) is 65.4 Å². The summed E-state index contributed by atoms with van der Waals surface area (Å²) in [6, 6.07) is 13.6. The Morgan fingerprint density at radius 1 is 1.15 bits per heavy atom. The van der Waals surface area contributed by atoms with E-state index in [4.69, 9.17) is 4.98 Å². The number of benzene rings is 1. The quantitative estimate of drug-likeness (QED) is 0.580. The molecular weight excluding hydrogens is 346 g/mol. The molecule has 0 unspecified atom stereocenters. The molecule has 1 N–H and O–H groups in total. The molecule has 4 aromatic rings. The Bertz CT molecular complexity index is 1050. The van der Waals surface area contributed by atoms with Crippen LogP contribution in [0.2, 0.25) is 0 Å². The number of nitrogens with zero attached hydrogens (tertiary/aromatic N) is 4. The number of amides is 1. The summed E-state index contributed by atoms with van der Waals surface area (Å²) >= 11 is 1.13. The van der Waals surface area contributed by atoms with Gasteiger partial charge in [0.15, 0.2) is 0 Å². The third-order valence-electron chi connectivity index (χ3n) is 4.07. The molecule has 1 amide bonds. The number of hydrogen-bond acceptors (Lipinski definition) is 5. The molecule has 0 spiro atoms. The average Bonchev–Trinajstić information content (AvgIpc) is 3.34. The van der Waals surface area contributed by atoms with Gasteiger partial charge in [-0.1, -0.05) is 30.0 Å². The zero-order chi connectivity index (χ0) is 17.9. The van der Waals surface area contributed by atoms with Crippen LogP contribution in [0.3, 0.4) is 0 Å². The maximum atomic E-state index is 12.7. The summed E-state index contributed by atoms with van der Waals surface area (Å²) in [6.07, 6.45) is 5.54. The van der Waals surface area contributed by atoms with Crippen LogP contribution in [0.25, 0.3) is 16.7 Å². The minimum Gasteiger partial charge on any atom is -0.319 e. The second-order valence-electron chi connectivity index (χ2n) is 5.89. The van der Waals surface area contributed by atoms with E-state index in [9.17, 15) is 4.79 Å². The largest absolute Gasteiger partial charge is 0.319 e. The zero-order valence-electron chi connectivity index (χ0n) is 14.2. The first-order valence-electron chi connectivity index (χ1n) is 8.42. The van der Waals surface area contributed by atoms with E-state index < -0.39 is 0 Å². The summed E-state index contributed by atoms with van der Waals surface area (Å²) in [7, 11) is 0. The van der Waals surface area contributed by atoms with Crippen LogP contribution in [0.4, 0.5) is 5.69 Å². The Labute approximate surface area is 154 Å². The van der Waals surface area contributed by atoms with Gasteiger partial charge in [-0.2, -0.15) is 0 Å². The first kappa shape index (κ1) is 16.4. The Kier molecular flexibility index (Phi) is 4.45. The van der Waals surface area contributed by atoms with Crippen LogP contribution in [-0.4, -0.2) is 25.0 Å². The van der Waals surface area contributed by atoms with E-state index in [1.165, 1.54) is 0 Å². The van der Waals surface area contributed by atoms with Crippen molar-refractivity contribution in [1.82, 2.24) is 19.1 Å². The number of anilines is 1. The van der Waals surface area contributed by atoms with Crippen LogP contribution < -0.4 is 5.32 Å². The van der Waals surface area contributed by atoms with Crippen LogP contribution in [0.1, 0.15) is 28.7 Å². The van der Waals surface area contributed by atoms with E-state index in [1.807, 2.05) is 59.4 Å². The average molecular weight is 363 g/mol. The lowest BCUT2D eigenvalue weighted by molar-refractivity contribution is 0.102. The molecule has 0 fully saturated rings. The molecule has 0 atom stereocenters. The lowest BCUT2D eigenvalue weighted by Gasteiger charge is -2.10. The highest BCUT2D eigenvalue weighted by atomic mass is 32.1. The van der Waals surface area contributed by atoms with Gasteiger partial charge in [0.2, 0.25) is 0 Å². The van der Waals surface area contributed by atoms with Gasteiger partial charge in [0.05, 0.1) is 16.9 Å². The van der Waals surface area contributed by atoms with Crippen molar-refractivity contribution in [2.24, 2.45) is 0 Å². The molecule has 0 aliphatic rings. The molecule has 4 rings (SSSR count). The topological polar surface area (TPSA) is 72.7 Å². The molecule has 0 radical (unpaired) electrons. The van der Waals surface area contributed by atoms with Gasteiger partial charge >= 0.3 is 0 Å². The summed E-state index contributed by atoms with van der Waals surface area (Å²) < 4.78 is 5.86. The molecule has 130 valence electrons. The lowest BCUT2D eigenvalue weighted by atomic mass is 10.1. The van der Waals surface area contributed by atoms with Gasteiger partial charge in [0.1, 0.15) is 10.7 Å². The Morgan fingerprint density at radius 3 is 2.81 bits per heavy atom. The lowest BCUT2D eigenvalue weighted by Crippen LogP contribution is -2.13. The standard InChI is InChI=1S/C19H17N5OS/c1-2-6-15-18(26-23-22-15)19(25)20-14-8-5-7-13-9-10-16(21-17(13)14)24-11-3-4-12-24/h3-5,7-12H,2,6H2,1H3,(H,20,25). The summed E-state index contributed by atoms with van der Waals surface area (Å²) in [5.41, 5.74) is 2.18. The molecule has 26 heavy (non-hydrogen) atoms. The van der Waals surface area contributed by atoms with Gasteiger partial charge in [-0.25, -0.2) is 4.98 Å². The van der Waals surface area contributed by atoms with Gasteiger partial charge in [0.25, 0.3) is 5.91 Å². The van der Waals surface area contributed by atoms with Gasteiger partial charge < -0.3 is 9.88 Å². The maximum absolute atomic E-state index is 12.7. The first-order valence-corrected chi connectivity index (χ1v) is 9.19. The van der Waals surface area contributed by atoms with Crippen LogP contribution in [0.15, 0.2) is 54.9 Å². The van der Waals surface area contributed by atoms with Crippen LogP contribution >= 0.6 is 11.5 Å².